The van der Waals surface area contributed by atoms with E-state index in [0.717, 1.165) is 16.7 Å². The van der Waals surface area contributed by atoms with Crippen LogP contribution < -0.4 is 0 Å². The molecule has 0 amide bonds. The zero-order valence-corrected chi connectivity index (χ0v) is 13.8. The molecular weight excluding hydrogens is 272 g/mol. The fourth-order valence-corrected chi connectivity index (χ4v) is 2.91. The van der Waals surface area contributed by atoms with Gasteiger partial charge < -0.3 is 5.11 Å². The van der Waals surface area contributed by atoms with Gasteiger partial charge in [0.2, 0.25) is 0 Å². The molecule has 0 aromatic heterocycles. The molecule has 1 unspecified atom stereocenters. The number of rotatable bonds is 5. The highest BCUT2D eigenvalue weighted by Crippen LogP contribution is 2.31. The molecule has 0 heterocycles. The first-order valence-electron chi connectivity index (χ1n) is 7.73. The first-order chi connectivity index (χ1) is 10.3. The van der Waals surface area contributed by atoms with E-state index in [9.17, 15) is 9.90 Å². The lowest BCUT2D eigenvalue weighted by atomic mass is 9.75. The number of hydrogen-bond acceptors (Lipinski definition) is 1. The van der Waals surface area contributed by atoms with Crippen molar-refractivity contribution in [2.24, 2.45) is 0 Å². The molecule has 0 saturated carbocycles. The summed E-state index contributed by atoms with van der Waals surface area (Å²) in [5, 5.41) is 9.81. The predicted octanol–water partition coefficient (Wildman–Crippen LogP) is 4.70. The van der Waals surface area contributed by atoms with Crippen LogP contribution in [0.3, 0.4) is 0 Å². The molecule has 2 rings (SSSR count). The Morgan fingerprint density at radius 2 is 1.68 bits per heavy atom. The summed E-state index contributed by atoms with van der Waals surface area (Å²) in [6.07, 6.45) is 0.492. The summed E-state index contributed by atoms with van der Waals surface area (Å²) in [5.41, 5.74) is 3.32. The number of carbonyl (C=O) groups is 1. The molecular formula is C20H24O2. The molecule has 1 atom stereocenters. The van der Waals surface area contributed by atoms with Gasteiger partial charge in [-0.2, -0.15) is 0 Å². The highest BCUT2D eigenvalue weighted by Gasteiger charge is 2.36. The van der Waals surface area contributed by atoms with E-state index in [2.05, 4.69) is 38.1 Å². The molecule has 0 fully saturated rings. The molecule has 0 aliphatic carbocycles. The van der Waals surface area contributed by atoms with E-state index in [0.29, 0.717) is 12.3 Å². The van der Waals surface area contributed by atoms with Gasteiger partial charge in [-0.3, -0.25) is 4.79 Å². The van der Waals surface area contributed by atoms with Crippen molar-refractivity contribution >= 4 is 5.97 Å². The quantitative estimate of drug-likeness (QED) is 0.868. The van der Waals surface area contributed by atoms with Gasteiger partial charge in [0.25, 0.3) is 0 Å². The third-order valence-corrected chi connectivity index (χ3v) is 4.42. The number of benzene rings is 2. The second kappa shape index (κ2) is 6.35. The van der Waals surface area contributed by atoms with Crippen LogP contribution >= 0.6 is 0 Å². The van der Waals surface area contributed by atoms with Crippen LogP contribution in [0.1, 0.15) is 48.9 Å². The normalized spacial score (nSPS) is 13.9. The van der Waals surface area contributed by atoms with E-state index in [1.54, 1.807) is 0 Å². The lowest BCUT2D eigenvalue weighted by Gasteiger charge is -2.27. The highest BCUT2D eigenvalue weighted by atomic mass is 16.4. The fraction of sp³-hybridized carbons (Fsp3) is 0.350. The van der Waals surface area contributed by atoms with Crippen molar-refractivity contribution in [3.63, 3.8) is 0 Å². The lowest BCUT2D eigenvalue weighted by molar-refractivity contribution is -0.143. The Bertz CT molecular complexity index is 656. The second-order valence-electron chi connectivity index (χ2n) is 6.53. The summed E-state index contributed by atoms with van der Waals surface area (Å²) in [6, 6.07) is 16.0. The number of aliphatic carboxylic acids is 1. The molecule has 1 N–H and O–H groups in total. The summed E-state index contributed by atoms with van der Waals surface area (Å²) >= 11 is 0. The summed E-state index contributed by atoms with van der Waals surface area (Å²) in [6.45, 7) is 8.10. The first-order valence-corrected chi connectivity index (χ1v) is 7.73. The molecule has 0 spiro atoms. The monoisotopic (exact) mass is 296 g/mol. The third kappa shape index (κ3) is 3.22. The molecule has 2 nitrogen and oxygen atoms in total. The van der Waals surface area contributed by atoms with E-state index < -0.39 is 11.4 Å². The van der Waals surface area contributed by atoms with E-state index >= 15 is 0 Å². The van der Waals surface area contributed by atoms with Crippen molar-refractivity contribution in [2.75, 3.05) is 0 Å². The van der Waals surface area contributed by atoms with Gasteiger partial charge >= 0.3 is 5.97 Å². The second-order valence-corrected chi connectivity index (χ2v) is 6.53. The van der Waals surface area contributed by atoms with Gasteiger partial charge in [0.05, 0.1) is 5.41 Å². The van der Waals surface area contributed by atoms with Gasteiger partial charge in [-0.15, -0.1) is 0 Å². The zero-order chi connectivity index (χ0) is 16.3. The Morgan fingerprint density at radius 3 is 2.18 bits per heavy atom. The van der Waals surface area contributed by atoms with Crippen LogP contribution in [0.25, 0.3) is 0 Å². The summed E-state index contributed by atoms with van der Waals surface area (Å²) in [4.78, 5) is 12.0. The van der Waals surface area contributed by atoms with Crippen LogP contribution in [0.4, 0.5) is 0 Å². The van der Waals surface area contributed by atoms with Gasteiger partial charge in [-0.25, -0.2) is 0 Å². The minimum Gasteiger partial charge on any atom is -0.481 e. The number of aryl methyl sites for hydroxylation is 1. The summed E-state index contributed by atoms with van der Waals surface area (Å²) in [5.74, 6) is -0.300. The fourth-order valence-electron chi connectivity index (χ4n) is 2.91. The maximum absolute atomic E-state index is 12.0. The van der Waals surface area contributed by atoms with Gasteiger partial charge in [0, 0.05) is 0 Å². The molecule has 2 aromatic rings. The average Bonchev–Trinajstić information content (AvgIpc) is 2.47. The van der Waals surface area contributed by atoms with Crippen molar-refractivity contribution in [3.05, 3.63) is 70.8 Å². The van der Waals surface area contributed by atoms with E-state index in [-0.39, 0.29) is 0 Å². The topological polar surface area (TPSA) is 37.3 Å². The van der Waals surface area contributed by atoms with E-state index in [1.165, 1.54) is 5.56 Å². The van der Waals surface area contributed by atoms with Crippen LogP contribution in [0.2, 0.25) is 0 Å². The number of carboxylic acids is 1. The van der Waals surface area contributed by atoms with Crippen LogP contribution in [-0.4, -0.2) is 11.1 Å². The summed E-state index contributed by atoms with van der Waals surface area (Å²) in [7, 11) is 0. The average molecular weight is 296 g/mol. The van der Waals surface area contributed by atoms with Crippen molar-refractivity contribution < 1.29 is 9.90 Å². The molecule has 0 aliphatic heterocycles. The highest BCUT2D eigenvalue weighted by molar-refractivity contribution is 5.82. The predicted molar refractivity (Wildman–Crippen MR) is 90.4 cm³/mol. The van der Waals surface area contributed by atoms with Gasteiger partial charge in [-0.1, -0.05) is 62.4 Å². The SMILES string of the molecule is Cc1ccccc1C(C)(Cc1ccc(C(C)C)cc1)C(=O)O. The molecule has 0 aliphatic rings. The lowest BCUT2D eigenvalue weighted by Crippen LogP contribution is -2.35. The van der Waals surface area contributed by atoms with Crippen molar-refractivity contribution in [1.82, 2.24) is 0 Å². The minimum absolute atomic E-state index is 0.483. The standard InChI is InChI=1S/C20H24O2/c1-14(2)17-11-9-16(10-12-17)13-20(4,19(21)22)18-8-6-5-7-15(18)3/h5-12,14H,13H2,1-4H3,(H,21,22). The van der Waals surface area contributed by atoms with Crippen LogP contribution in [0, 0.1) is 6.92 Å². The molecule has 2 heteroatoms. The van der Waals surface area contributed by atoms with Crippen molar-refractivity contribution in [2.45, 2.75) is 45.4 Å². The summed E-state index contributed by atoms with van der Waals surface area (Å²) < 4.78 is 0. The molecule has 22 heavy (non-hydrogen) atoms. The Labute approximate surface area is 132 Å². The molecule has 116 valence electrons. The van der Waals surface area contributed by atoms with Crippen LogP contribution in [0.15, 0.2) is 48.5 Å². The molecule has 2 aromatic carbocycles. The largest absolute Gasteiger partial charge is 0.481 e. The molecule has 0 bridgehead atoms. The minimum atomic E-state index is -0.912. The van der Waals surface area contributed by atoms with Gasteiger partial charge in [-0.05, 0) is 48.4 Å². The molecule has 0 saturated heterocycles. The van der Waals surface area contributed by atoms with E-state index in [1.807, 2.05) is 38.1 Å². The smallest absolute Gasteiger partial charge is 0.314 e. The van der Waals surface area contributed by atoms with Crippen LogP contribution in [-0.2, 0) is 16.6 Å². The first kappa shape index (κ1) is 16.3. The molecule has 0 radical (unpaired) electrons. The zero-order valence-electron chi connectivity index (χ0n) is 13.8. The Hall–Kier alpha value is -2.09. The Kier molecular flexibility index (Phi) is 4.70. The number of carboxylic acid groups (broad SMARTS) is 1. The Morgan fingerprint density at radius 1 is 1.09 bits per heavy atom. The van der Waals surface area contributed by atoms with Gasteiger partial charge in [0.15, 0.2) is 0 Å². The van der Waals surface area contributed by atoms with Gasteiger partial charge in [0.1, 0.15) is 0 Å². The maximum Gasteiger partial charge on any atom is 0.314 e. The van der Waals surface area contributed by atoms with E-state index in [4.69, 9.17) is 0 Å². The Balaban J connectivity index is 2.37. The van der Waals surface area contributed by atoms with Crippen molar-refractivity contribution in [1.29, 1.82) is 0 Å². The van der Waals surface area contributed by atoms with Crippen molar-refractivity contribution in [3.8, 4) is 0 Å². The number of hydrogen-bond donors (Lipinski definition) is 1. The van der Waals surface area contributed by atoms with Crippen LogP contribution in [0.5, 0.6) is 0 Å². The maximum atomic E-state index is 12.0. The third-order valence-electron chi connectivity index (χ3n) is 4.42.